The number of hydrogen-bond donors (Lipinski definition) is 0. The minimum absolute atomic E-state index is 0.260. The molecule has 0 aromatic heterocycles. The van der Waals surface area contributed by atoms with Crippen molar-refractivity contribution in [3.8, 4) is 5.75 Å². The van der Waals surface area contributed by atoms with E-state index in [1.807, 2.05) is 20.8 Å². The minimum atomic E-state index is -4.74. The number of ether oxygens (including phenoxy) is 1. The molecule has 1 aromatic carbocycles. The number of carbonyl (C=O) groups excluding carboxylic acids is 1. The van der Waals surface area contributed by atoms with E-state index < -0.39 is 11.9 Å². The summed E-state index contributed by atoms with van der Waals surface area (Å²) in [6.07, 6.45) is -3.35. The summed E-state index contributed by atoms with van der Waals surface area (Å²) in [4.78, 5) is 15.3. The van der Waals surface area contributed by atoms with Crippen LogP contribution in [0.1, 0.15) is 27.2 Å². The smallest absolute Gasteiger partial charge is 0.406 e. The first kappa shape index (κ1) is 18.5. The zero-order chi connectivity index (χ0) is 18.1. The molecule has 8 heteroatoms. The van der Waals surface area contributed by atoms with Gasteiger partial charge in [-0.1, -0.05) is 18.3 Å². The zero-order valence-corrected chi connectivity index (χ0v) is 14.4. The Bertz CT molecular complexity index is 628. The van der Waals surface area contributed by atoms with Gasteiger partial charge in [0.15, 0.2) is 0 Å². The van der Waals surface area contributed by atoms with Gasteiger partial charge in [-0.3, -0.25) is 4.79 Å². The maximum atomic E-state index is 12.4. The summed E-state index contributed by atoms with van der Waals surface area (Å²) in [6, 6.07) is 5.42. The molecule has 0 bridgehead atoms. The van der Waals surface area contributed by atoms with Gasteiger partial charge in [0.2, 0.25) is 6.41 Å². The number of halogens is 3. The van der Waals surface area contributed by atoms with Gasteiger partial charge in [-0.2, -0.15) is 0 Å². The Hall–Kier alpha value is -1.83. The Morgan fingerprint density at radius 2 is 2.00 bits per heavy atom. The standard InChI is InChI=1S/C16H19F3N2O2S/c1-15(2,3)21(10-22)13-7-8-20(14(13)24)11-5-4-6-12(9-11)23-16(17,18)19/h4-6,9-10,13H,7-8H2,1-3H3. The first-order valence-corrected chi connectivity index (χ1v) is 7.85. The summed E-state index contributed by atoms with van der Waals surface area (Å²) < 4.78 is 41.0. The average Bonchev–Trinajstić information content (AvgIpc) is 2.78. The van der Waals surface area contributed by atoms with E-state index in [9.17, 15) is 18.0 Å². The molecule has 1 saturated heterocycles. The van der Waals surface area contributed by atoms with Gasteiger partial charge in [0.1, 0.15) is 10.7 Å². The van der Waals surface area contributed by atoms with Crippen LogP contribution in [0.5, 0.6) is 5.75 Å². The van der Waals surface area contributed by atoms with Gasteiger partial charge in [0.05, 0.1) is 6.04 Å². The molecule has 1 unspecified atom stereocenters. The highest BCUT2D eigenvalue weighted by atomic mass is 32.1. The lowest BCUT2D eigenvalue weighted by Gasteiger charge is -2.37. The second kappa shape index (κ2) is 6.58. The molecular weight excluding hydrogens is 341 g/mol. The van der Waals surface area contributed by atoms with Crippen LogP contribution >= 0.6 is 12.2 Å². The second-order valence-electron chi connectivity index (χ2n) is 6.52. The van der Waals surface area contributed by atoms with Gasteiger partial charge >= 0.3 is 6.36 Å². The molecule has 1 heterocycles. The first-order chi connectivity index (χ1) is 11.0. The third kappa shape index (κ3) is 4.17. The second-order valence-corrected chi connectivity index (χ2v) is 6.94. The highest BCUT2D eigenvalue weighted by molar-refractivity contribution is 7.80. The van der Waals surface area contributed by atoms with E-state index in [2.05, 4.69) is 4.74 Å². The van der Waals surface area contributed by atoms with Crippen LogP contribution < -0.4 is 9.64 Å². The summed E-state index contributed by atoms with van der Waals surface area (Å²) >= 11 is 5.47. The van der Waals surface area contributed by atoms with Crippen LogP contribution in [0.25, 0.3) is 0 Å². The van der Waals surface area contributed by atoms with E-state index in [1.54, 1.807) is 15.9 Å². The number of amides is 1. The number of hydrogen-bond acceptors (Lipinski definition) is 3. The van der Waals surface area contributed by atoms with E-state index in [0.29, 0.717) is 23.6 Å². The SMILES string of the molecule is CC(C)(C)N(C=O)C1CCN(c2cccc(OC(F)(F)F)c2)C1=S. The molecule has 1 fully saturated rings. The molecule has 1 amide bonds. The monoisotopic (exact) mass is 360 g/mol. The van der Waals surface area contributed by atoms with E-state index >= 15 is 0 Å². The number of nitrogens with zero attached hydrogens (tertiary/aromatic N) is 2. The summed E-state index contributed by atoms with van der Waals surface area (Å²) in [5.74, 6) is -0.297. The number of rotatable bonds is 4. The lowest BCUT2D eigenvalue weighted by molar-refractivity contribution is -0.274. The largest absolute Gasteiger partial charge is 0.573 e. The Labute approximate surface area is 144 Å². The number of alkyl halides is 3. The third-order valence-corrected chi connectivity index (χ3v) is 4.26. The topological polar surface area (TPSA) is 32.8 Å². The Morgan fingerprint density at radius 3 is 2.54 bits per heavy atom. The molecule has 132 valence electrons. The molecule has 1 aliphatic rings. The van der Waals surface area contributed by atoms with Crippen molar-refractivity contribution in [1.82, 2.24) is 4.90 Å². The molecule has 1 aromatic rings. The summed E-state index contributed by atoms with van der Waals surface area (Å²) in [7, 11) is 0. The summed E-state index contributed by atoms with van der Waals surface area (Å²) in [5.41, 5.74) is 0.122. The molecule has 4 nitrogen and oxygen atoms in total. The number of thiocarbonyl (C=S) groups is 1. The third-order valence-electron chi connectivity index (χ3n) is 3.76. The number of anilines is 1. The lowest BCUT2D eigenvalue weighted by atomic mass is 10.0. The van der Waals surface area contributed by atoms with Crippen molar-refractivity contribution in [2.45, 2.75) is 45.1 Å². The molecule has 1 atom stereocenters. The van der Waals surface area contributed by atoms with Crippen molar-refractivity contribution in [3.05, 3.63) is 24.3 Å². The molecule has 2 rings (SSSR count). The fourth-order valence-electron chi connectivity index (χ4n) is 2.73. The van der Waals surface area contributed by atoms with Crippen LogP contribution in [0.15, 0.2) is 24.3 Å². The van der Waals surface area contributed by atoms with Gasteiger partial charge in [-0.15, -0.1) is 13.2 Å². The van der Waals surface area contributed by atoms with Crippen LogP contribution in [-0.4, -0.2) is 40.8 Å². The highest BCUT2D eigenvalue weighted by Crippen LogP contribution is 2.31. The molecule has 24 heavy (non-hydrogen) atoms. The Balaban J connectivity index is 2.21. The summed E-state index contributed by atoms with van der Waals surface area (Å²) in [6.45, 7) is 6.25. The zero-order valence-electron chi connectivity index (χ0n) is 13.6. The van der Waals surface area contributed by atoms with Crippen molar-refractivity contribution in [1.29, 1.82) is 0 Å². The normalized spacial score (nSPS) is 18.7. The maximum Gasteiger partial charge on any atom is 0.573 e. The molecule has 0 radical (unpaired) electrons. The molecule has 0 N–H and O–H groups in total. The van der Waals surface area contributed by atoms with Crippen LogP contribution in [0.2, 0.25) is 0 Å². The van der Waals surface area contributed by atoms with Gasteiger partial charge in [-0.25, -0.2) is 0 Å². The highest BCUT2D eigenvalue weighted by Gasteiger charge is 2.38. The van der Waals surface area contributed by atoms with Gasteiger partial charge in [0, 0.05) is 23.8 Å². The lowest BCUT2D eigenvalue weighted by Crippen LogP contribution is -2.50. The number of carbonyl (C=O) groups is 1. The van der Waals surface area contributed by atoms with Crippen molar-refractivity contribution in [2.24, 2.45) is 0 Å². The van der Waals surface area contributed by atoms with Crippen molar-refractivity contribution in [3.63, 3.8) is 0 Å². The molecule has 1 aliphatic heterocycles. The number of benzene rings is 1. The van der Waals surface area contributed by atoms with Crippen molar-refractivity contribution < 1.29 is 22.7 Å². The van der Waals surface area contributed by atoms with Crippen molar-refractivity contribution >= 4 is 29.3 Å². The summed E-state index contributed by atoms with van der Waals surface area (Å²) in [5, 5.41) is 0. The van der Waals surface area contributed by atoms with E-state index in [4.69, 9.17) is 12.2 Å². The quantitative estimate of drug-likeness (QED) is 0.605. The Morgan fingerprint density at radius 1 is 1.33 bits per heavy atom. The van der Waals surface area contributed by atoms with Crippen LogP contribution in [0.4, 0.5) is 18.9 Å². The fourth-order valence-corrected chi connectivity index (χ4v) is 3.16. The fraction of sp³-hybridized carbons (Fsp3) is 0.500. The van der Waals surface area contributed by atoms with Gasteiger partial charge in [0.25, 0.3) is 0 Å². The van der Waals surface area contributed by atoms with Crippen LogP contribution in [0.3, 0.4) is 0 Å². The minimum Gasteiger partial charge on any atom is -0.406 e. The van der Waals surface area contributed by atoms with E-state index in [1.165, 1.54) is 18.2 Å². The van der Waals surface area contributed by atoms with Gasteiger partial charge in [-0.05, 0) is 39.3 Å². The average molecular weight is 360 g/mol. The van der Waals surface area contributed by atoms with Gasteiger partial charge < -0.3 is 14.5 Å². The molecular formula is C16H19F3N2O2S. The molecule has 0 aliphatic carbocycles. The van der Waals surface area contributed by atoms with E-state index in [0.717, 1.165) is 6.41 Å². The predicted octanol–water partition coefficient (Wildman–Crippen LogP) is 3.75. The predicted molar refractivity (Wildman–Crippen MR) is 89.1 cm³/mol. The molecule has 0 saturated carbocycles. The Kier molecular flexibility index (Phi) is 5.08. The van der Waals surface area contributed by atoms with Crippen molar-refractivity contribution in [2.75, 3.05) is 11.4 Å². The first-order valence-electron chi connectivity index (χ1n) is 7.44. The van der Waals surface area contributed by atoms with E-state index in [-0.39, 0.29) is 11.8 Å². The van der Waals surface area contributed by atoms with Crippen LogP contribution in [0, 0.1) is 0 Å². The molecule has 0 spiro atoms. The van der Waals surface area contributed by atoms with Crippen LogP contribution in [-0.2, 0) is 4.79 Å². The maximum absolute atomic E-state index is 12.4.